The topological polar surface area (TPSA) is 71.2 Å². The number of pyridine rings is 1. The van der Waals surface area contributed by atoms with Crippen LogP contribution in [0.5, 0.6) is 0 Å². The van der Waals surface area contributed by atoms with Crippen LogP contribution in [0.25, 0.3) is 0 Å². The molecule has 0 bridgehead atoms. The molecule has 2 rings (SSSR count). The van der Waals surface area contributed by atoms with Gasteiger partial charge in [-0.2, -0.15) is 0 Å². The molecule has 0 saturated carbocycles. The molecule has 1 aromatic carbocycles. The van der Waals surface area contributed by atoms with E-state index in [4.69, 9.17) is 5.84 Å². The van der Waals surface area contributed by atoms with Gasteiger partial charge in [0.25, 0.3) is 5.91 Å². The lowest BCUT2D eigenvalue weighted by atomic mass is 10.1. The summed E-state index contributed by atoms with van der Waals surface area (Å²) in [5, 5.41) is 0. The lowest BCUT2D eigenvalue weighted by Crippen LogP contribution is -2.26. The van der Waals surface area contributed by atoms with Gasteiger partial charge in [-0.25, -0.2) is 10.8 Å². The van der Waals surface area contributed by atoms with Crippen molar-refractivity contribution in [2.24, 2.45) is 5.84 Å². The number of hydrogen-bond acceptors (Lipinski definition) is 4. The molecule has 1 amide bonds. The van der Waals surface area contributed by atoms with Crippen LogP contribution >= 0.6 is 0 Å². The lowest BCUT2D eigenvalue weighted by Gasteiger charge is -2.18. The second-order valence-corrected chi connectivity index (χ2v) is 4.73. The van der Waals surface area contributed by atoms with Gasteiger partial charge in [0.15, 0.2) is 0 Å². The highest BCUT2D eigenvalue weighted by Crippen LogP contribution is 2.18. The highest BCUT2D eigenvalue weighted by atomic mass is 16.2. The number of hydrazine groups is 1. The smallest absolute Gasteiger partial charge is 0.258 e. The Morgan fingerprint density at radius 3 is 2.65 bits per heavy atom. The molecule has 1 heterocycles. The maximum Gasteiger partial charge on any atom is 0.258 e. The van der Waals surface area contributed by atoms with Gasteiger partial charge >= 0.3 is 0 Å². The molecular weight excluding hydrogens is 252 g/mol. The molecule has 5 nitrogen and oxygen atoms in total. The molecule has 0 fully saturated rings. The number of amides is 1. The number of aromatic nitrogens is 1. The van der Waals surface area contributed by atoms with E-state index >= 15 is 0 Å². The number of nitrogens with one attached hydrogen (secondary N) is 1. The summed E-state index contributed by atoms with van der Waals surface area (Å²) in [6.45, 7) is 3.82. The molecule has 20 heavy (non-hydrogen) atoms. The molecule has 0 unspecified atom stereocenters. The van der Waals surface area contributed by atoms with Gasteiger partial charge in [0.1, 0.15) is 5.82 Å². The Labute approximate surface area is 118 Å². The van der Waals surface area contributed by atoms with E-state index in [9.17, 15) is 4.79 Å². The maximum atomic E-state index is 12.5. The number of nitrogen functional groups attached to an aromatic ring is 1. The van der Waals surface area contributed by atoms with Gasteiger partial charge in [0, 0.05) is 24.0 Å². The average Bonchev–Trinajstić information content (AvgIpc) is 2.45. The molecule has 0 radical (unpaired) electrons. The summed E-state index contributed by atoms with van der Waals surface area (Å²) in [6.07, 6.45) is 0. The molecule has 0 aliphatic carbocycles. The van der Waals surface area contributed by atoms with Gasteiger partial charge in [-0.05, 0) is 43.7 Å². The number of anilines is 2. The number of carbonyl (C=O) groups is 1. The second-order valence-electron chi connectivity index (χ2n) is 4.73. The van der Waals surface area contributed by atoms with Gasteiger partial charge in [-0.15, -0.1) is 0 Å². The predicted octanol–water partition coefficient (Wildman–Crippen LogP) is 2.26. The average molecular weight is 270 g/mol. The molecule has 1 aromatic heterocycles. The largest absolute Gasteiger partial charge is 0.311 e. The summed E-state index contributed by atoms with van der Waals surface area (Å²) in [5.74, 6) is 5.74. The fourth-order valence-electron chi connectivity index (χ4n) is 2.01. The molecule has 0 atom stereocenters. The first-order chi connectivity index (χ1) is 9.51. The second kappa shape index (κ2) is 5.71. The third kappa shape index (κ3) is 2.95. The molecule has 5 heteroatoms. The van der Waals surface area contributed by atoms with E-state index in [1.54, 1.807) is 24.1 Å². The highest BCUT2D eigenvalue weighted by Gasteiger charge is 2.15. The first-order valence-corrected chi connectivity index (χ1v) is 6.31. The van der Waals surface area contributed by atoms with Crippen LogP contribution in [0, 0.1) is 13.8 Å². The van der Waals surface area contributed by atoms with Crippen LogP contribution in [-0.4, -0.2) is 17.9 Å². The van der Waals surface area contributed by atoms with E-state index < -0.39 is 0 Å². The third-order valence-corrected chi connectivity index (χ3v) is 3.04. The third-order valence-electron chi connectivity index (χ3n) is 3.04. The highest BCUT2D eigenvalue weighted by molar-refractivity contribution is 6.06. The molecule has 2 aromatic rings. The van der Waals surface area contributed by atoms with Crippen LogP contribution in [0.4, 0.5) is 11.5 Å². The Kier molecular flexibility index (Phi) is 4.00. The molecule has 104 valence electrons. The summed E-state index contributed by atoms with van der Waals surface area (Å²) in [6, 6.07) is 11.2. The van der Waals surface area contributed by atoms with Gasteiger partial charge in [0.2, 0.25) is 0 Å². The predicted molar refractivity (Wildman–Crippen MR) is 80.7 cm³/mol. The lowest BCUT2D eigenvalue weighted by molar-refractivity contribution is 0.0993. The Bertz CT molecular complexity index is 640. The number of nitrogens with zero attached hydrogens (tertiary/aromatic N) is 2. The molecular formula is C15H18N4O. The van der Waals surface area contributed by atoms with Crippen LogP contribution in [0.1, 0.15) is 21.6 Å². The zero-order valence-electron chi connectivity index (χ0n) is 11.8. The van der Waals surface area contributed by atoms with Crippen LogP contribution in [0.15, 0.2) is 36.4 Å². The van der Waals surface area contributed by atoms with Crippen LogP contribution in [0.2, 0.25) is 0 Å². The summed E-state index contributed by atoms with van der Waals surface area (Å²) < 4.78 is 0. The summed E-state index contributed by atoms with van der Waals surface area (Å²) >= 11 is 0. The molecule has 0 aliphatic rings. The number of rotatable bonds is 3. The van der Waals surface area contributed by atoms with E-state index in [2.05, 4.69) is 10.4 Å². The van der Waals surface area contributed by atoms with E-state index in [1.807, 2.05) is 38.1 Å². The van der Waals surface area contributed by atoms with E-state index in [0.29, 0.717) is 11.4 Å². The van der Waals surface area contributed by atoms with Crippen molar-refractivity contribution in [2.45, 2.75) is 13.8 Å². The standard InChI is InChI=1S/C15H18N4O/c1-10-5-4-6-13(7-10)19(3)15(20)12-8-11(2)17-14(9-12)18-16/h4-9H,16H2,1-3H3,(H,17,18). The van der Waals surface area contributed by atoms with Crippen molar-refractivity contribution >= 4 is 17.4 Å². The zero-order chi connectivity index (χ0) is 14.7. The van der Waals surface area contributed by atoms with Crippen molar-refractivity contribution in [3.05, 3.63) is 53.2 Å². The normalized spacial score (nSPS) is 10.2. The van der Waals surface area contributed by atoms with E-state index in [0.717, 1.165) is 16.9 Å². The number of nitrogens with two attached hydrogens (primary N) is 1. The summed E-state index contributed by atoms with van der Waals surface area (Å²) in [5.41, 5.74) is 5.72. The number of benzene rings is 1. The van der Waals surface area contributed by atoms with Crippen molar-refractivity contribution in [3.8, 4) is 0 Å². The van der Waals surface area contributed by atoms with E-state index in [-0.39, 0.29) is 5.91 Å². The van der Waals surface area contributed by atoms with Crippen molar-refractivity contribution in [3.63, 3.8) is 0 Å². The van der Waals surface area contributed by atoms with Crippen LogP contribution in [0.3, 0.4) is 0 Å². The van der Waals surface area contributed by atoms with Crippen molar-refractivity contribution in [1.29, 1.82) is 0 Å². The van der Waals surface area contributed by atoms with Gasteiger partial charge < -0.3 is 10.3 Å². The van der Waals surface area contributed by atoms with Crippen molar-refractivity contribution in [2.75, 3.05) is 17.4 Å². The number of aryl methyl sites for hydroxylation is 2. The van der Waals surface area contributed by atoms with Crippen molar-refractivity contribution in [1.82, 2.24) is 4.98 Å². The van der Waals surface area contributed by atoms with Crippen LogP contribution < -0.4 is 16.2 Å². The minimum Gasteiger partial charge on any atom is -0.311 e. The quantitative estimate of drug-likeness (QED) is 0.663. The minimum absolute atomic E-state index is 0.0994. The summed E-state index contributed by atoms with van der Waals surface area (Å²) in [7, 11) is 1.75. The zero-order valence-corrected chi connectivity index (χ0v) is 11.8. The Morgan fingerprint density at radius 1 is 1.25 bits per heavy atom. The molecule has 3 N–H and O–H groups in total. The monoisotopic (exact) mass is 270 g/mol. The Morgan fingerprint density at radius 2 is 2.00 bits per heavy atom. The van der Waals surface area contributed by atoms with E-state index in [1.165, 1.54) is 0 Å². The fraction of sp³-hybridized carbons (Fsp3) is 0.200. The Hall–Kier alpha value is -2.40. The first-order valence-electron chi connectivity index (χ1n) is 6.31. The molecule has 0 saturated heterocycles. The molecule has 0 spiro atoms. The first kappa shape index (κ1) is 14.0. The van der Waals surface area contributed by atoms with Crippen molar-refractivity contribution < 1.29 is 4.79 Å². The SMILES string of the molecule is Cc1cccc(N(C)C(=O)c2cc(C)nc(NN)c2)c1. The Balaban J connectivity index is 2.33. The summed E-state index contributed by atoms with van der Waals surface area (Å²) in [4.78, 5) is 18.3. The number of carbonyl (C=O) groups excluding carboxylic acids is 1. The minimum atomic E-state index is -0.0994. The van der Waals surface area contributed by atoms with Gasteiger partial charge in [-0.1, -0.05) is 12.1 Å². The fourth-order valence-corrected chi connectivity index (χ4v) is 2.01. The number of hydrogen-bond donors (Lipinski definition) is 2. The van der Waals surface area contributed by atoms with Crippen LogP contribution in [-0.2, 0) is 0 Å². The van der Waals surface area contributed by atoms with Gasteiger partial charge in [-0.3, -0.25) is 4.79 Å². The maximum absolute atomic E-state index is 12.5. The van der Waals surface area contributed by atoms with Gasteiger partial charge in [0.05, 0.1) is 0 Å². The molecule has 0 aliphatic heterocycles.